The molecule has 19 heavy (non-hydrogen) atoms. The molecule has 6 heteroatoms. The van der Waals surface area contributed by atoms with Gasteiger partial charge in [-0.05, 0) is 46.1 Å². The van der Waals surface area contributed by atoms with E-state index in [0.29, 0.717) is 20.2 Å². The van der Waals surface area contributed by atoms with Gasteiger partial charge in [0.1, 0.15) is 10.1 Å². The number of benzene rings is 1. The molecule has 1 amide bonds. The summed E-state index contributed by atoms with van der Waals surface area (Å²) < 4.78 is 14.1. The molecule has 0 aliphatic carbocycles. The Morgan fingerprint density at radius 2 is 2.26 bits per heavy atom. The summed E-state index contributed by atoms with van der Waals surface area (Å²) in [5.41, 5.74) is 0.769. The fourth-order valence-electron chi connectivity index (χ4n) is 1.67. The van der Waals surface area contributed by atoms with Crippen LogP contribution < -0.4 is 0 Å². The van der Waals surface area contributed by atoms with E-state index in [1.54, 1.807) is 23.1 Å². The lowest BCUT2D eigenvalue weighted by Gasteiger charge is -2.11. The number of carbonyl (C=O) groups excluding carboxylic acids is 1. The Labute approximate surface area is 129 Å². The summed E-state index contributed by atoms with van der Waals surface area (Å²) in [5.74, 6) is -0.395. The van der Waals surface area contributed by atoms with Crippen molar-refractivity contribution in [3.63, 3.8) is 0 Å². The van der Waals surface area contributed by atoms with Gasteiger partial charge >= 0.3 is 0 Å². The number of halogens is 2. The molecular formula is C13H11BrFNOS2. The van der Waals surface area contributed by atoms with Crippen LogP contribution >= 0.6 is 39.9 Å². The zero-order chi connectivity index (χ0) is 14.0. The van der Waals surface area contributed by atoms with Gasteiger partial charge in [-0.1, -0.05) is 37.0 Å². The van der Waals surface area contributed by atoms with E-state index in [4.69, 9.17) is 12.2 Å². The second-order valence-electron chi connectivity index (χ2n) is 4.01. The summed E-state index contributed by atoms with van der Waals surface area (Å²) in [5, 5.41) is 0. The van der Waals surface area contributed by atoms with Crippen LogP contribution in [-0.4, -0.2) is 21.7 Å². The Morgan fingerprint density at radius 1 is 1.53 bits per heavy atom. The van der Waals surface area contributed by atoms with Gasteiger partial charge in [-0.3, -0.25) is 9.69 Å². The third-order valence-electron chi connectivity index (χ3n) is 2.56. The molecule has 2 nitrogen and oxygen atoms in total. The van der Waals surface area contributed by atoms with Gasteiger partial charge in [-0.25, -0.2) is 4.39 Å². The van der Waals surface area contributed by atoms with Gasteiger partial charge in [0.15, 0.2) is 0 Å². The highest BCUT2D eigenvalue weighted by molar-refractivity contribution is 9.10. The molecule has 0 N–H and O–H groups in total. The third kappa shape index (κ3) is 3.24. The van der Waals surface area contributed by atoms with Crippen LogP contribution in [0.3, 0.4) is 0 Å². The lowest BCUT2D eigenvalue weighted by Crippen LogP contribution is -2.28. The second-order valence-corrected chi connectivity index (χ2v) is 6.54. The van der Waals surface area contributed by atoms with Gasteiger partial charge in [0.2, 0.25) is 0 Å². The molecule has 1 fully saturated rings. The summed E-state index contributed by atoms with van der Waals surface area (Å²) in [4.78, 5) is 14.3. The van der Waals surface area contributed by atoms with Crippen LogP contribution in [0, 0.1) is 5.82 Å². The topological polar surface area (TPSA) is 20.3 Å². The normalized spacial score (nSPS) is 17.6. The third-order valence-corrected chi connectivity index (χ3v) is 4.55. The van der Waals surface area contributed by atoms with Crippen LogP contribution in [-0.2, 0) is 4.79 Å². The molecule has 0 spiro atoms. The summed E-state index contributed by atoms with van der Waals surface area (Å²) in [6.45, 7) is 2.63. The highest BCUT2D eigenvalue weighted by Crippen LogP contribution is 2.33. The predicted molar refractivity (Wildman–Crippen MR) is 84.3 cm³/mol. The van der Waals surface area contributed by atoms with E-state index >= 15 is 0 Å². The Kier molecular flexibility index (Phi) is 4.76. The molecule has 1 aromatic rings. The number of carbonyl (C=O) groups is 1. The average molecular weight is 360 g/mol. The molecule has 100 valence electrons. The van der Waals surface area contributed by atoms with Crippen LogP contribution in [0.1, 0.15) is 18.9 Å². The number of nitrogens with zero attached hydrogens (tertiary/aromatic N) is 1. The van der Waals surface area contributed by atoms with Crippen molar-refractivity contribution in [2.75, 3.05) is 6.54 Å². The minimum atomic E-state index is -0.323. The quantitative estimate of drug-likeness (QED) is 0.595. The van der Waals surface area contributed by atoms with Crippen LogP contribution in [0.25, 0.3) is 6.08 Å². The van der Waals surface area contributed by atoms with Crippen molar-refractivity contribution in [1.29, 1.82) is 0 Å². The van der Waals surface area contributed by atoms with Gasteiger partial charge < -0.3 is 0 Å². The number of rotatable bonds is 3. The van der Waals surface area contributed by atoms with Gasteiger partial charge in [0.05, 0.1) is 9.38 Å². The number of hydrogen-bond donors (Lipinski definition) is 0. The van der Waals surface area contributed by atoms with Crippen LogP contribution in [0.5, 0.6) is 0 Å². The minimum absolute atomic E-state index is 0.0719. The largest absolute Gasteiger partial charge is 0.293 e. The molecular weight excluding hydrogens is 349 g/mol. The van der Waals surface area contributed by atoms with E-state index in [9.17, 15) is 9.18 Å². The van der Waals surface area contributed by atoms with E-state index in [-0.39, 0.29) is 11.7 Å². The molecule has 1 aliphatic heterocycles. The van der Waals surface area contributed by atoms with Crippen molar-refractivity contribution >= 4 is 56.2 Å². The standard InChI is InChI=1S/C13H11BrFNOS2/c1-2-5-16-12(17)11(19-13(16)18)7-8-3-4-10(15)9(14)6-8/h3-4,6-7H,2,5H2,1H3/b11-7-. The lowest BCUT2D eigenvalue weighted by molar-refractivity contribution is -0.122. The van der Waals surface area contributed by atoms with Crippen molar-refractivity contribution in [1.82, 2.24) is 4.90 Å². The number of amides is 1. The van der Waals surface area contributed by atoms with Crippen molar-refractivity contribution in [2.45, 2.75) is 13.3 Å². The molecule has 1 aromatic carbocycles. The first-order valence-corrected chi connectivity index (χ1v) is 7.75. The number of thioether (sulfide) groups is 1. The zero-order valence-electron chi connectivity index (χ0n) is 10.2. The van der Waals surface area contributed by atoms with E-state index < -0.39 is 0 Å². The first kappa shape index (κ1) is 14.7. The van der Waals surface area contributed by atoms with Crippen LogP contribution in [0.4, 0.5) is 4.39 Å². The van der Waals surface area contributed by atoms with E-state index in [0.717, 1.165) is 12.0 Å². The number of thiocarbonyl (C=S) groups is 1. The SMILES string of the molecule is CCCN1C(=O)/C(=C/c2ccc(F)c(Br)c2)SC1=S. The second kappa shape index (κ2) is 6.15. The Hall–Kier alpha value is -0.720. The molecule has 1 aliphatic rings. The van der Waals surface area contributed by atoms with Gasteiger partial charge in [-0.15, -0.1) is 0 Å². The summed E-state index contributed by atoms with van der Waals surface area (Å²) in [7, 11) is 0. The summed E-state index contributed by atoms with van der Waals surface area (Å²) in [6.07, 6.45) is 2.60. The van der Waals surface area contributed by atoms with Crippen molar-refractivity contribution in [3.05, 3.63) is 39.0 Å². The molecule has 0 bridgehead atoms. The maximum Gasteiger partial charge on any atom is 0.266 e. The minimum Gasteiger partial charge on any atom is -0.293 e. The summed E-state index contributed by atoms with van der Waals surface area (Å²) >= 11 is 9.59. The van der Waals surface area contributed by atoms with Gasteiger partial charge in [-0.2, -0.15) is 0 Å². The Bertz CT molecular complexity index is 574. The van der Waals surface area contributed by atoms with Crippen molar-refractivity contribution < 1.29 is 9.18 Å². The predicted octanol–water partition coefficient (Wildman–Crippen LogP) is 4.20. The first-order valence-electron chi connectivity index (χ1n) is 5.73. The van der Waals surface area contributed by atoms with E-state index in [1.807, 2.05) is 6.92 Å². The van der Waals surface area contributed by atoms with Gasteiger partial charge in [0, 0.05) is 6.54 Å². The molecule has 1 saturated heterocycles. The number of hydrogen-bond acceptors (Lipinski definition) is 3. The maximum absolute atomic E-state index is 13.1. The van der Waals surface area contributed by atoms with Crippen molar-refractivity contribution in [2.24, 2.45) is 0 Å². The molecule has 0 unspecified atom stereocenters. The Morgan fingerprint density at radius 3 is 2.89 bits per heavy atom. The first-order chi connectivity index (χ1) is 9.02. The molecule has 0 aromatic heterocycles. The average Bonchev–Trinajstić information content (AvgIpc) is 2.62. The zero-order valence-corrected chi connectivity index (χ0v) is 13.4. The highest BCUT2D eigenvalue weighted by Gasteiger charge is 2.31. The van der Waals surface area contributed by atoms with Crippen LogP contribution in [0.15, 0.2) is 27.6 Å². The fourth-order valence-corrected chi connectivity index (χ4v) is 3.37. The van der Waals surface area contributed by atoms with Gasteiger partial charge in [0.25, 0.3) is 5.91 Å². The van der Waals surface area contributed by atoms with Crippen LogP contribution in [0.2, 0.25) is 0 Å². The molecule has 0 radical (unpaired) electrons. The maximum atomic E-state index is 13.1. The monoisotopic (exact) mass is 359 g/mol. The molecule has 2 rings (SSSR count). The highest BCUT2D eigenvalue weighted by atomic mass is 79.9. The fraction of sp³-hybridized carbons (Fsp3) is 0.231. The smallest absolute Gasteiger partial charge is 0.266 e. The molecule has 1 heterocycles. The summed E-state index contributed by atoms with van der Waals surface area (Å²) in [6, 6.07) is 4.64. The molecule has 0 atom stereocenters. The van der Waals surface area contributed by atoms with E-state index in [2.05, 4.69) is 15.9 Å². The molecule has 0 saturated carbocycles. The lowest BCUT2D eigenvalue weighted by atomic mass is 10.2. The Balaban J connectivity index is 2.27. The van der Waals surface area contributed by atoms with E-state index in [1.165, 1.54) is 17.8 Å². The van der Waals surface area contributed by atoms with Crippen molar-refractivity contribution in [3.8, 4) is 0 Å².